The predicted octanol–water partition coefficient (Wildman–Crippen LogP) is 2.60. The molecule has 0 unspecified atom stereocenters. The van der Waals surface area contributed by atoms with E-state index >= 15 is 0 Å². The Balaban J connectivity index is 1.79. The highest BCUT2D eigenvalue weighted by Gasteiger charge is 2.13. The average Bonchev–Trinajstić information content (AvgIpc) is 3.07. The standard InChI is InChI=1S/C16H19N5OS/c1-5-15-18-11(4)13(23-15)8-17-16(22)12-7-10(3)21-14(19-12)6-9(2)20-21/h6-7H,5,8H2,1-4H3,(H,17,22). The first kappa shape index (κ1) is 15.6. The number of hydrogen-bond acceptors (Lipinski definition) is 5. The number of carbonyl (C=O) groups is 1. The predicted molar refractivity (Wildman–Crippen MR) is 89.9 cm³/mol. The van der Waals surface area contributed by atoms with E-state index in [0.29, 0.717) is 17.9 Å². The molecule has 0 bridgehead atoms. The minimum Gasteiger partial charge on any atom is -0.346 e. The maximum atomic E-state index is 12.4. The lowest BCUT2D eigenvalue weighted by Gasteiger charge is -2.06. The lowest BCUT2D eigenvalue weighted by molar-refractivity contribution is 0.0946. The molecule has 0 spiro atoms. The van der Waals surface area contributed by atoms with Crippen molar-refractivity contribution in [3.63, 3.8) is 0 Å². The van der Waals surface area contributed by atoms with E-state index in [0.717, 1.165) is 33.4 Å². The van der Waals surface area contributed by atoms with Gasteiger partial charge in [0.15, 0.2) is 5.65 Å². The minimum absolute atomic E-state index is 0.180. The van der Waals surface area contributed by atoms with Gasteiger partial charge in [0.25, 0.3) is 5.91 Å². The van der Waals surface area contributed by atoms with Crippen LogP contribution in [-0.4, -0.2) is 25.5 Å². The number of nitrogens with one attached hydrogen (secondary N) is 1. The van der Waals surface area contributed by atoms with E-state index in [2.05, 4.69) is 27.3 Å². The minimum atomic E-state index is -0.180. The van der Waals surface area contributed by atoms with Crippen molar-refractivity contribution in [2.75, 3.05) is 0 Å². The topological polar surface area (TPSA) is 72.2 Å². The van der Waals surface area contributed by atoms with E-state index < -0.39 is 0 Å². The Hall–Kier alpha value is -2.28. The third-order valence-electron chi connectivity index (χ3n) is 3.61. The third kappa shape index (κ3) is 3.10. The van der Waals surface area contributed by atoms with Gasteiger partial charge in [-0.25, -0.2) is 14.5 Å². The van der Waals surface area contributed by atoms with Crippen LogP contribution in [-0.2, 0) is 13.0 Å². The largest absolute Gasteiger partial charge is 0.346 e. The van der Waals surface area contributed by atoms with Crippen LogP contribution in [0.15, 0.2) is 12.1 Å². The van der Waals surface area contributed by atoms with Gasteiger partial charge in [0.1, 0.15) is 5.69 Å². The molecule has 0 saturated carbocycles. The normalized spacial score (nSPS) is 11.1. The maximum Gasteiger partial charge on any atom is 0.270 e. The third-order valence-corrected chi connectivity index (χ3v) is 4.91. The van der Waals surface area contributed by atoms with Crippen molar-refractivity contribution in [1.29, 1.82) is 0 Å². The summed E-state index contributed by atoms with van der Waals surface area (Å²) in [7, 11) is 0. The van der Waals surface area contributed by atoms with E-state index in [4.69, 9.17) is 0 Å². The molecule has 0 fully saturated rings. The quantitative estimate of drug-likeness (QED) is 0.798. The number of aryl methyl sites for hydroxylation is 4. The van der Waals surface area contributed by atoms with Crippen molar-refractivity contribution in [3.8, 4) is 0 Å². The van der Waals surface area contributed by atoms with Crippen LogP contribution in [0.1, 0.15) is 44.4 Å². The number of nitrogens with zero attached hydrogens (tertiary/aromatic N) is 4. The fourth-order valence-electron chi connectivity index (χ4n) is 2.41. The molecule has 0 radical (unpaired) electrons. The molecular formula is C16H19N5OS. The maximum absolute atomic E-state index is 12.4. The highest BCUT2D eigenvalue weighted by atomic mass is 32.1. The lowest BCUT2D eigenvalue weighted by atomic mass is 10.3. The molecular weight excluding hydrogens is 310 g/mol. The molecule has 1 amide bonds. The number of carbonyl (C=O) groups excluding carboxylic acids is 1. The second kappa shape index (κ2) is 6.08. The summed E-state index contributed by atoms with van der Waals surface area (Å²) < 4.78 is 1.74. The van der Waals surface area contributed by atoms with Gasteiger partial charge in [0.05, 0.1) is 22.9 Å². The molecule has 6 nitrogen and oxygen atoms in total. The van der Waals surface area contributed by atoms with Gasteiger partial charge in [-0.15, -0.1) is 11.3 Å². The summed E-state index contributed by atoms with van der Waals surface area (Å²) in [4.78, 5) is 22.3. The molecule has 0 aliphatic carbocycles. The Bertz CT molecular complexity index is 880. The fourth-order valence-corrected chi connectivity index (χ4v) is 3.36. The molecule has 23 heavy (non-hydrogen) atoms. The Morgan fingerprint density at radius 2 is 2.04 bits per heavy atom. The Morgan fingerprint density at radius 1 is 1.26 bits per heavy atom. The van der Waals surface area contributed by atoms with Crippen LogP contribution in [0.2, 0.25) is 0 Å². The van der Waals surface area contributed by atoms with Crippen molar-refractivity contribution in [1.82, 2.24) is 24.9 Å². The lowest BCUT2D eigenvalue weighted by Crippen LogP contribution is -2.24. The van der Waals surface area contributed by atoms with Crippen molar-refractivity contribution in [2.45, 2.75) is 40.7 Å². The summed E-state index contributed by atoms with van der Waals surface area (Å²) in [6.45, 7) is 8.35. The summed E-state index contributed by atoms with van der Waals surface area (Å²) in [5, 5.41) is 8.37. The van der Waals surface area contributed by atoms with Gasteiger partial charge >= 0.3 is 0 Å². The first-order valence-electron chi connectivity index (χ1n) is 7.55. The van der Waals surface area contributed by atoms with Crippen LogP contribution in [0.4, 0.5) is 0 Å². The van der Waals surface area contributed by atoms with Gasteiger partial charge in [-0.2, -0.15) is 5.10 Å². The zero-order valence-electron chi connectivity index (χ0n) is 13.7. The second-order valence-electron chi connectivity index (χ2n) is 5.49. The first-order valence-corrected chi connectivity index (χ1v) is 8.37. The molecule has 0 aliphatic heterocycles. The molecule has 7 heteroatoms. The molecule has 0 atom stereocenters. The van der Waals surface area contributed by atoms with Crippen molar-refractivity contribution < 1.29 is 4.79 Å². The van der Waals surface area contributed by atoms with Gasteiger partial charge in [-0.3, -0.25) is 4.79 Å². The van der Waals surface area contributed by atoms with Crippen LogP contribution in [0.5, 0.6) is 0 Å². The highest BCUT2D eigenvalue weighted by Crippen LogP contribution is 2.18. The SMILES string of the molecule is CCc1nc(C)c(CNC(=O)c2cc(C)n3nc(C)cc3n2)s1. The van der Waals surface area contributed by atoms with E-state index in [-0.39, 0.29) is 5.91 Å². The van der Waals surface area contributed by atoms with Crippen LogP contribution >= 0.6 is 11.3 Å². The van der Waals surface area contributed by atoms with E-state index in [1.54, 1.807) is 21.9 Å². The summed E-state index contributed by atoms with van der Waals surface area (Å²) in [6.07, 6.45) is 0.914. The molecule has 3 rings (SSSR count). The zero-order valence-corrected chi connectivity index (χ0v) is 14.5. The zero-order chi connectivity index (χ0) is 16.6. The smallest absolute Gasteiger partial charge is 0.270 e. The molecule has 0 saturated heterocycles. The van der Waals surface area contributed by atoms with Crippen molar-refractivity contribution in [3.05, 3.63) is 44.8 Å². The number of amides is 1. The molecule has 0 aromatic carbocycles. The van der Waals surface area contributed by atoms with E-state index in [1.165, 1.54) is 0 Å². The molecule has 0 aliphatic rings. The summed E-state index contributed by atoms with van der Waals surface area (Å²) in [5.74, 6) is -0.180. The van der Waals surface area contributed by atoms with Gasteiger partial charge in [0.2, 0.25) is 0 Å². The molecule has 3 aromatic rings. The van der Waals surface area contributed by atoms with E-state index in [9.17, 15) is 4.79 Å². The van der Waals surface area contributed by atoms with Crippen LogP contribution in [0.3, 0.4) is 0 Å². The van der Waals surface area contributed by atoms with Crippen LogP contribution in [0.25, 0.3) is 5.65 Å². The first-order chi connectivity index (χ1) is 11.0. The van der Waals surface area contributed by atoms with Gasteiger partial charge in [-0.05, 0) is 33.3 Å². The van der Waals surface area contributed by atoms with Crippen LogP contribution < -0.4 is 5.32 Å². The highest BCUT2D eigenvalue weighted by molar-refractivity contribution is 7.11. The average molecular weight is 329 g/mol. The van der Waals surface area contributed by atoms with Gasteiger partial charge < -0.3 is 5.32 Å². The van der Waals surface area contributed by atoms with Crippen molar-refractivity contribution >= 4 is 22.9 Å². The monoisotopic (exact) mass is 329 g/mol. The summed E-state index contributed by atoms with van der Waals surface area (Å²) in [5.41, 5.74) is 3.85. The van der Waals surface area contributed by atoms with Crippen LogP contribution in [0, 0.1) is 20.8 Å². The van der Waals surface area contributed by atoms with Gasteiger partial charge in [0, 0.05) is 16.6 Å². The Labute approximate surface area is 138 Å². The number of thiazole rings is 1. The van der Waals surface area contributed by atoms with E-state index in [1.807, 2.05) is 26.8 Å². The molecule has 1 N–H and O–H groups in total. The number of hydrogen-bond donors (Lipinski definition) is 1. The Morgan fingerprint density at radius 3 is 2.74 bits per heavy atom. The summed E-state index contributed by atoms with van der Waals surface area (Å²) in [6, 6.07) is 3.62. The number of rotatable bonds is 4. The second-order valence-corrected chi connectivity index (χ2v) is 6.66. The molecule has 120 valence electrons. The molecule has 3 heterocycles. The summed E-state index contributed by atoms with van der Waals surface area (Å²) >= 11 is 1.65. The van der Waals surface area contributed by atoms with Crippen molar-refractivity contribution in [2.24, 2.45) is 0 Å². The molecule has 3 aromatic heterocycles. The fraction of sp³-hybridized carbons (Fsp3) is 0.375. The van der Waals surface area contributed by atoms with Gasteiger partial charge in [-0.1, -0.05) is 6.92 Å². The Kier molecular flexibility index (Phi) is 4.12. The number of aromatic nitrogens is 4. The number of fused-ring (bicyclic) bond motifs is 1.